The van der Waals surface area contributed by atoms with Crippen molar-refractivity contribution in [3.8, 4) is 11.8 Å². The Morgan fingerprint density at radius 1 is 1.40 bits per heavy atom. The molecular formula is C12H18O3. The summed E-state index contributed by atoms with van der Waals surface area (Å²) in [7, 11) is 0. The Labute approximate surface area is 91.1 Å². The molecule has 1 aliphatic heterocycles. The lowest BCUT2D eigenvalue weighted by atomic mass is 10.2. The second kappa shape index (κ2) is 5.18. The number of rotatable bonds is 3. The molecular weight excluding hydrogens is 192 g/mol. The quantitative estimate of drug-likeness (QED) is 0.407. The lowest BCUT2D eigenvalue weighted by Crippen LogP contribution is -2.21. The van der Waals surface area contributed by atoms with E-state index in [1.807, 2.05) is 0 Å². The third kappa shape index (κ3) is 3.93. The summed E-state index contributed by atoms with van der Waals surface area (Å²) >= 11 is 0. The van der Waals surface area contributed by atoms with Gasteiger partial charge in [0.1, 0.15) is 0 Å². The molecule has 1 saturated heterocycles. The molecule has 15 heavy (non-hydrogen) atoms. The molecule has 1 aliphatic rings. The van der Waals surface area contributed by atoms with Crippen LogP contribution in [0.15, 0.2) is 0 Å². The number of carbonyl (C=O) groups is 1. The van der Waals surface area contributed by atoms with E-state index >= 15 is 0 Å². The van der Waals surface area contributed by atoms with Crippen molar-refractivity contribution >= 4 is 5.97 Å². The summed E-state index contributed by atoms with van der Waals surface area (Å²) in [6.07, 6.45) is 3.07. The minimum Gasteiger partial charge on any atom is -0.432 e. The summed E-state index contributed by atoms with van der Waals surface area (Å²) in [5, 5.41) is 0. The predicted molar refractivity (Wildman–Crippen MR) is 57.0 cm³/mol. The van der Waals surface area contributed by atoms with E-state index in [9.17, 15) is 4.79 Å². The van der Waals surface area contributed by atoms with Gasteiger partial charge in [0.05, 0.1) is 0 Å². The summed E-state index contributed by atoms with van der Waals surface area (Å²) in [6.45, 7) is 5.59. The van der Waals surface area contributed by atoms with E-state index in [-0.39, 0.29) is 5.97 Å². The molecule has 0 aliphatic carbocycles. The highest BCUT2D eigenvalue weighted by Gasteiger charge is 2.40. The van der Waals surface area contributed by atoms with Crippen LogP contribution in [0.5, 0.6) is 0 Å². The third-order valence-electron chi connectivity index (χ3n) is 2.10. The van der Waals surface area contributed by atoms with Crippen LogP contribution in [-0.4, -0.2) is 17.9 Å². The zero-order valence-electron chi connectivity index (χ0n) is 9.63. The Bertz CT molecular complexity index is 283. The standard InChI is InChI=1S/C12H18O3/c1-4-5-6-7-8-9-10-11(13)15-12(2,3)14-10/h10H,4-6,9H2,1-3H3. The first-order chi connectivity index (χ1) is 7.05. The van der Waals surface area contributed by atoms with Crippen molar-refractivity contribution in [2.24, 2.45) is 0 Å². The molecule has 1 unspecified atom stereocenters. The molecule has 0 N–H and O–H groups in total. The molecule has 3 nitrogen and oxygen atoms in total. The first-order valence-corrected chi connectivity index (χ1v) is 5.41. The molecule has 0 aromatic heterocycles. The van der Waals surface area contributed by atoms with Crippen molar-refractivity contribution < 1.29 is 14.3 Å². The Hall–Kier alpha value is -1.01. The van der Waals surface area contributed by atoms with E-state index in [1.54, 1.807) is 13.8 Å². The van der Waals surface area contributed by atoms with Crippen LogP contribution < -0.4 is 0 Å². The zero-order valence-corrected chi connectivity index (χ0v) is 9.63. The Morgan fingerprint density at radius 3 is 2.67 bits per heavy atom. The van der Waals surface area contributed by atoms with Gasteiger partial charge in [0.2, 0.25) is 5.79 Å². The van der Waals surface area contributed by atoms with Gasteiger partial charge in [0.25, 0.3) is 0 Å². The summed E-state index contributed by atoms with van der Waals surface area (Å²) in [6, 6.07) is 0. The average molecular weight is 210 g/mol. The molecule has 0 saturated carbocycles. The summed E-state index contributed by atoms with van der Waals surface area (Å²) < 4.78 is 10.4. The van der Waals surface area contributed by atoms with E-state index in [0.717, 1.165) is 19.3 Å². The van der Waals surface area contributed by atoms with E-state index in [0.29, 0.717) is 6.42 Å². The summed E-state index contributed by atoms with van der Waals surface area (Å²) in [5.74, 6) is 4.89. The first kappa shape index (κ1) is 12.1. The first-order valence-electron chi connectivity index (χ1n) is 5.41. The topological polar surface area (TPSA) is 35.5 Å². The van der Waals surface area contributed by atoms with E-state index in [2.05, 4.69) is 18.8 Å². The Morgan fingerprint density at radius 2 is 2.13 bits per heavy atom. The largest absolute Gasteiger partial charge is 0.432 e. The molecule has 0 spiro atoms. The van der Waals surface area contributed by atoms with Crippen LogP contribution in [0.4, 0.5) is 0 Å². The van der Waals surface area contributed by atoms with Crippen molar-refractivity contribution in [1.82, 2.24) is 0 Å². The average Bonchev–Trinajstić information content (AvgIpc) is 2.39. The molecule has 1 fully saturated rings. The Kier molecular flexibility index (Phi) is 4.16. The molecule has 0 amide bonds. The molecule has 0 aromatic carbocycles. The highest BCUT2D eigenvalue weighted by Crippen LogP contribution is 2.24. The zero-order chi connectivity index (χ0) is 11.3. The van der Waals surface area contributed by atoms with Crippen LogP contribution in [0, 0.1) is 11.8 Å². The molecule has 1 heterocycles. The van der Waals surface area contributed by atoms with Gasteiger partial charge in [0.15, 0.2) is 6.10 Å². The number of carbonyl (C=O) groups excluding carboxylic acids is 1. The monoisotopic (exact) mass is 210 g/mol. The van der Waals surface area contributed by atoms with Gasteiger partial charge in [0, 0.05) is 26.7 Å². The minimum absolute atomic E-state index is 0.301. The molecule has 0 aromatic rings. The molecule has 0 bridgehead atoms. The molecule has 1 atom stereocenters. The van der Waals surface area contributed by atoms with Crippen LogP contribution in [0.3, 0.4) is 0 Å². The highest BCUT2D eigenvalue weighted by molar-refractivity contribution is 5.77. The smallest absolute Gasteiger partial charge is 0.338 e. The van der Waals surface area contributed by atoms with Gasteiger partial charge in [-0.25, -0.2) is 4.79 Å². The number of unbranched alkanes of at least 4 members (excludes halogenated alkanes) is 2. The minimum atomic E-state index is -0.785. The van der Waals surface area contributed by atoms with Gasteiger partial charge in [-0.1, -0.05) is 19.3 Å². The van der Waals surface area contributed by atoms with E-state index in [4.69, 9.17) is 9.47 Å². The van der Waals surface area contributed by atoms with Gasteiger partial charge in [-0.15, -0.1) is 5.92 Å². The maximum absolute atomic E-state index is 11.3. The molecule has 0 radical (unpaired) electrons. The van der Waals surface area contributed by atoms with Gasteiger partial charge in [-0.3, -0.25) is 0 Å². The van der Waals surface area contributed by atoms with Crippen LogP contribution in [0.1, 0.15) is 46.5 Å². The van der Waals surface area contributed by atoms with Crippen molar-refractivity contribution in [3.63, 3.8) is 0 Å². The van der Waals surface area contributed by atoms with Gasteiger partial charge in [-0.05, 0) is 6.42 Å². The van der Waals surface area contributed by atoms with Crippen molar-refractivity contribution in [1.29, 1.82) is 0 Å². The fourth-order valence-electron chi connectivity index (χ4n) is 1.37. The normalized spacial score (nSPS) is 23.1. The van der Waals surface area contributed by atoms with Gasteiger partial charge in [-0.2, -0.15) is 0 Å². The number of hydrogen-bond donors (Lipinski definition) is 0. The lowest BCUT2D eigenvalue weighted by Gasteiger charge is -2.14. The molecule has 1 rings (SSSR count). The number of ether oxygens (including phenoxy) is 2. The van der Waals surface area contributed by atoms with Crippen molar-refractivity contribution in [2.45, 2.75) is 58.3 Å². The summed E-state index contributed by atoms with van der Waals surface area (Å²) in [4.78, 5) is 11.3. The molecule has 3 heteroatoms. The third-order valence-corrected chi connectivity index (χ3v) is 2.10. The van der Waals surface area contributed by atoms with Crippen LogP contribution in [0.25, 0.3) is 0 Å². The van der Waals surface area contributed by atoms with Crippen LogP contribution >= 0.6 is 0 Å². The maximum atomic E-state index is 11.3. The second-order valence-corrected chi connectivity index (χ2v) is 4.09. The molecule has 84 valence electrons. The fraction of sp³-hybridized carbons (Fsp3) is 0.750. The van der Waals surface area contributed by atoms with E-state index < -0.39 is 11.9 Å². The SMILES string of the molecule is CCCCC#CCC1OC(C)(C)OC1=O. The predicted octanol–water partition coefficient (Wildman–Crippen LogP) is 2.25. The number of hydrogen-bond acceptors (Lipinski definition) is 3. The Balaban J connectivity index is 2.33. The number of cyclic esters (lactones) is 1. The van der Waals surface area contributed by atoms with E-state index in [1.165, 1.54) is 0 Å². The fourth-order valence-corrected chi connectivity index (χ4v) is 1.37. The van der Waals surface area contributed by atoms with Crippen LogP contribution in [0.2, 0.25) is 0 Å². The lowest BCUT2D eigenvalue weighted by molar-refractivity contribution is -0.160. The van der Waals surface area contributed by atoms with Gasteiger partial charge >= 0.3 is 5.97 Å². The number of esters is 1. The highest BCUT2D eigenvalue weighted by atomic mass is 16.8. The van der Waals surface area contributed by atoms with Crippen LogP contribution in [-0.2, 0) is 14.3 Å². The van der Waals surface area contributed by atoms with Crippen molar-refractivity contribution in [3.05, 3.63) is 0 Å². The maximum Gasteiger partial charge on any atom is 0.338 e. The summed E-state index contributed by atoms with van der Waals surface area (Å²) in [5.41, 5.74) is 0. The van der Waals surface area contributed by atoms with Crippen molar-refractivity contribution in [2.75, 3.05) is 0 Å². The second-order valence-electron chi connectivity index (χ2n) is 4.09. The van der Waals surface area contributed by atoms with Gasteiger partial charge < -0.3 is 9.47 Å².